The molecular formula is C54H56N12O20. The van der Waals surface area contributed by atoms with Gasteiger partial charge in [-0.05, 0) is 64.8 Å². The number of urea groups is 4. The number of nitrogens with zero attached hydrogens (tertiary/aromatic N) is 12. The lowest BCUT2D eigenvalue weighted by molar-refractivity contribution is -0.148. The number of hydrogen-bond acceptors (Lipinski definition) is 16. The number of rotatable bonds is 12. The number of hydrogen-bond donors (Lipinski definition) is 4. The molecule has 0 aliphatic carbocycles. The molecule has 13 heterocycles. The average molecular weight is 1190 g/mol. The van der Waals surface area contributed by atoms with Gasteiger partial charge in [0, 0.05) is 22.3 Å². The van der Waals surface area contributed by atoms with E-state index in [4.69, 9.17) is 18.9 Å². The van der Waals surface area contributed by atoms with Crippen LogP contribution in [0.4, 0.5) is 19.2 Å². The zero-order valence-corrected chi connectivity index (χ0v) is 46.5. The summed E-state index contributed by atoms with van der Waals surface area (Å²) in [6.45, 7) is 0.854. The summed E-state index contributed by atoms with van der Waals surface area (Å²) in [5, 5.41) is 38.3. The highest BCUT2D eigenvalue weighted by molar-refractivity contribution is 5.98. The fraction of sp³-hybridized carbons (Fsp3) is 0.556. The van der Waals surface area contributed by atoms with Gasteiger partial charge in [0.1, 0.15) is 66.7 Å². The van der Waals surface area contributed by atoms with Crippen molar-refractivity contribution in [2.24, 2.45) is 23.7 Å². The minimum absolute atomic E-state index is 0.0392. The monoisotopic (exact) mass is 1190 g/mol. The molecule has 13 aliphatic rings. The summed E-state index contributed by atoms with van der Waals surface area (Å²) in [4.78, 5) is 188. The van der Waals surface area contributed by atoms with Crippen LogP contribution in [0.25, 0.3) is 0 Å². The highest BCUT2D eigenvalue weighted by Crippen LogP contribution is 2.63. The molecule has 11 fully saturated rings. The maximum absolute atomic E-state index is 15.6. The van der Waals surface area contributed by atoms with E-state index in [0.717, 1.165) is 0 Å². The number of benzene rings is 2. The van der Waals surface area contributed by atoms with Crippen LogP contribution in [-0.2, 0) is 64.5 Å². The van der Waals surface area contributed by atoms with Crippen molar-refractivity contribution in [2.75, 3.05) is 53.1 Å². The van der Waals surface area contributed by atoms with Crippen LogP contribution in [0.15, 0.2) is 24.3 Å². The molecule has 0 radical (unpaired) electrons. The van der Waals surface area contributed by atoms with Crippen LogP contribution in [0.3, 0.4) is 0 Å². The van der Waals surface area contributed by atoms with Crippen molar-refractivity contribution in [3.63, 3.8) is 0 Å². The molecule has 13 aliphatic heterocycles. The van der Waals surface area contributed by atoms with E-state index < -0.39 is 195 Å². The van der Waals surface area contributed by atoms with Crippen LogP contribution in [-0.4, -0.2) is 251 Å². The summed E-state index contributed by atoms with van der Waals surface area (Å²) in [6.07, 6.45) is -2.65. The molecule has 12 atom stereocenters. The molecule has 86 heavy (non-hydrogen) atoms. The van der Waals surface area contributed by atoms with E-state index in [0.29, 0.717) is 0 Å². The number of amides is 12. The number of carboxylic acid groups (broad SMARTS) is 4. The third kappa shape index (κ3) is 6.21. The molecule has 2 aromatic carbocycles. The van der Waals surface area contributed by atoms with Gasteiger partial charge in [-0.1, -0.05) is 0 Å². The number of carbonyl (C=O) groups excluding carboxylic acids is 8. The normalized spacial score (nSPS) is 34.5. The Kier molecular flexibility index (Phi) is 10.6. The predicted molar refractivity (Wildman–Crippen MR) is 275 cm³/mol. The van der Waals surface area contributed by atoms with E-state index in [1.807, 2.05) is 0 Å². The number of fused-ring (bicyclic) bond motifs is 2. The van der Waals surface area contributed by atoms with Gasteiger partial charge in [0.15, 0.2) is 26.4 Å². The van der Waals surface area contributed by atoms with Gasteiger partial charge >= 0.3 is 48.0 Å². The molecule has 0 saturated carbocycles. The van der Waals surface area contributed by atoms with E-state index in [2.05, 4.69) is 0 Å². The summed E-state index contributed by atoms with van der Waals surface area (Å²) in [7, 11) is 0. The molecular weight excluding hydrogens is 1140 g/mol. The van der Waals surface area contributed by atoms with Gasteiger partial charge in [-0.2, -0.15) is 0 Å². The molecule has 11 saturated heterocycles. The first-order valence-corrected chi connectivity index (χ1v) is 28.0. The van der Waals surface area contributed by atoms with Crippen molar-refractivity contribution in [3.05, 3.63) is 46.5 Å². The lowest BCUT2D eigenvalue weighted by Gasteiger charge is -2.47. The standard InChI is InChI=1S/C54H56N12O20/c1-51-29-9-23-39-41-57(43(23)75)19-58-42-40-24(44(58)76)10-30-46(78)62-12-26-28(34(86-18-38(73)74)8-6-32(26)84-16-36(69)70)14-64-50(82)66(52(30,2)54(62,64)4)22-56(40)48(80)60(42)20-59(41)47(79)55(39)21-65(51)49(81)63-13-27-25(11-61(45(29)77)53(51,63)3)31(83-15-35(67)68)5-7-33(27)85-17-37(71)72/h5-8,23-24,29-30,39-42H,9-22H2,1-4H3,(H,67,68)(H,69,70)(H,71,72)(H,73,74)/t23?,24?,29?,30?,39-,40+,41-,42+,51+,52-,53+,54-. The fourth-order valence-electron chi connectivity index (χ4n) is 17.5. The third-order valence-electron chi connectivity index (χ3n) is 21.7. The SMILES string of the molecule is C[C@@]12N3Cc4c(OCC(=O)O)ccc(OCC(=O)O)c4CN1C(=O)N1CN4C(=O)N5CN6C(=O)N7CN8C(=O)N9Cc%10c(OCC(=O)O)ccc(OCC(=O)O)c%10CN%10C(=O)C(CC%11C(=O)N(CN%12C(=O)C(CC(C3=O)[C@@]12C)[C@H]4[C@@H]%125)[C@H]6[C@@H]%117)[C@@]8(C)[C@@]%109C. The van der Waals surface area contributed by atoms with E-state index in [1.165, 1.54) is 83.1 Å². The Morgan fingerprint density at radius 2 is 0.709 bits per heavy atom. The largest absolute Gasteiger partial charge is 0.482 e. The zero-order valence-electron chi connectivity index (χ0n) is 46.5. The number of aliphatic carboxylic acids is 4. The summed E-state index contributed by atoms with van der Waals surface area (Å²) in [5.74, 6) is -11.4. The quantitative estimate of drug-likeness (QED) is 0.199. The van der Waals surface area contributed by atoms with Crippen LogP contribution >= 0.6 is 0 Å². The number of ether oxygens (including phenoxy) is 4. The van der Waals surface area contributed by atoms with Crippen LogP contribution in [0.1, 0.15) is 62.8 Å². The van der Waals surface area contributed by atoms with E-state index in [-0.39, 0.29) is 84.3 Å². The fourth-order valence-corrected chi connectivity index (χ4v) is 17.5. The lowest BCUT2D eigenvalue weighted by Crippen LogP contribution is -2.65. The molecule has 4 unspecified atom stereocenters. The summed E-state index contributed by atoms with van der Waals surface area (Å²) in [5.41, 5.74) is -4.99. The molecule has 0 aromatic heterocycles. The molecule has 15 rings (SSSR count). The molecule has 12 amide bonds. The number of carboxylic acids is 4. The Labute approximate surface area is 485 Å². The zero-order chi connectivity index (χ0) is 60.7. The Morgan fingerprint density at radius 3 is 1.02 bits per heavy atom. The summed E-state index contributed by atoms with van der Waals surface area (Å²) in [6, 6.07) is 0.949. The van der Waals surface area contributed by atoms with Crippen LogP contribution in [0.2, 0.25) is 0 Å². The van der Waals surface area contributed by atoms with Gasteiger partial charge in [0.05, 0.1) is 79.7 Å². The first-order chi connectivity index (χ1) is 40.8. The minimum Gasteiger partial charge on any atom is -0.482 e. The van der Waals surface area contributed by atoms with Crippen molar-refractivity contribution in [2.45, 2.75) is 114 Å². The Hall–Kier alpha value is -9.52. The van der Waals surface area contributed by atoms with Crippen molar-refractivity contribution < 1.29 is 96.9 Å². The van der Waals surface area contributed by atoms with Crippen LogP contribution in [0.5, 0.6) is 23.0 Å². The highest BCUT2D eigenvalue weighted by Gasteiger charge is 2.81. The second-order valence-electron chi connectivity index (χ2n) is 24.8. The Balaban J connectivity index is 0.780. The predicted octanol–water partition coefficient (Wildman–Crippen LogP) is -0.958. The molecule has 0 spiro atoms. The van der Waals surface area contributed by atoms with Gasteiger partial charge in [0.25, 0.3) is 0 Å². The Bertz CT molecular complexity index is 3180. The maximum Gasteiger partial charge on any atom is 0.341 e. The van der Waals surface area contributed by atoms with Gasteiger partial charge < -0.3 is 59.0 Å². The molecule has 2 aromatic rings. The molecule has 4 N–H and O–H groups in total. The van der Waals surface area contributed by atoms with Gasteiger partial charge in [0.2, 0.25) is 23.6 Å². The van der Waals surface area contributed by atoms with Gasteiger partial charge in [-0.15, -0.1) is 0 Å². The van der Waals surface area contributed by atoms with E-state index in [9.17, 15) is 39.6 Å². The third-order valence-corrected chi connectivity index (χ3v) is 21.7. The van der Waals surface area contributed by atoms with E-state index >= 15 is 38.4 Å². The van der Waals surface area contributed by atoms with Crippen molar-refractivity contribution >= 4 is 71.6 Å². The highest BCUT2D eigenvalue weighted by atomic mass is 16.5. The smallest absolute Gasteiger partial charge is 0.341 e. The maximum atomic E-state index is 15.6. The van der Waals surface area contributed by atoms with Crippen molar-refractivity contribution in [1.82, 2.24) is 58.8 Å². The summed E-state index contributed by atoms with van der Waals surface area (Å²) < 4.78 is 22.8. The van der Waals surface area contributed by atoms with Gasteiger partial charge in [-0.25, -0.2) is 38.4 Å². The second-order valence-corrected chi connectivity index (χ2v) is 24.8. The van der Waals surface area contributed by atoms with Crippen molar-refractivity contribution in [1.29, 1.82) is 0 Å². The topological polar surface area (TPSA) is 362 Å². The van der Waals surface area contributed by atoms with Crippen LogP contribution < -0.4 is 18.9 Å². The lowest BCUT2D eigenvalue weighted by atomic mass is 9.73. The van der Waals surface area contributed by atoms with Gasteiger partial charge in [-0.3, -0.25) is 58.4 Å². The summed E-state index contributed by atoms with van der Waals surface area (Å²) >= 11 is 0. The van der Waals surface area contributed by atoms with E-state index in [1.54, 1.807) is 27.7 Å². The Morgan fingerprint density at radius 1 is 0.407 bits per heavy atom. The first kappa shape index (κ1) is 53.2. The number of carbonyl (C=O) groups is 12. The molecule has 0 bridgehead atoms. The molecule has 32 nitrogen and oxygen atoms in total. The second kappa shape index (κ2) is 17.1. The minimum atomic E-state index is -1.53. The first-order valence-electron chi connectivity index (χ1n) is 28.0. The van der Waals surface area contributed by atoms with Crippen molar-refractivity contribution in [3.8, 4) is 23.0 Å². The van der Waals surface area contributed by atoms with Crippen LogP contribution in [0, 0.1) is 23.7 Å². The molecule has 452 valence electrons. The molecule has 32 heteroatoms. The average Bonchev–Trinajstić information content (AvgIpc) is 1.50.